The summed E-state index contributed by atoms with van der Waals surface area (Å²) in [6.07, 6.45) is 0. The van der Waals surface area contributed by atoms with Crippen molar-refractivity contribution in [3.05, 3.63) is 60.2 Å². The SMILES string of the molecule is CN(C(=O)c1cccc(NCC(=O)NC(C)(C)C)c1)c1ccccc1. The molecule has 0 radical (unpaired) electrons. The van der Waals surface area contributed by atoms with Gasteiger partial charge in [-0.15, -0.1) is 0 Å². The van der Waals surface area contributed by atoms with E-state index in [-0.39, 0.29) is 23.9 Å². The van der Waals surface area contributed by atoms with Crippen LogP contribution in [0, 0.1) is 0 Å². The normalized spacial score (nSPS) is 10.9. The van der Waals surface area contributed by atoms with Crippen LogP contribution >= 0.6 is 0 Å². The van der Waals surface area contributed by atoms with Gasteiger partial charge in [-0.3, -0.25) is 9.59 Å². The predicted molar refractivity (Wildman–Crippen MR) is 102 cm³/mol. The molecule has 0 atom stereocenters. The smallest absolute Gasteiger partial charge is 0.258 e. The van der Waals surface area contributed by atoms with Crippen LogP contribution < -0.4 is 15.5 Å². The van der Waals surface area contributed by atoms with Gasteiger partial charge in [0.1, 0.15) is 0 Å². The monoisotopic (exact) mass is 339 g/mol. The summed E-state index contributed by atoms with van der Waals surface area (Å²) in [6.45, 7) is 5.96. The van der Waals surface area contributed by atoms with Crippen LogP contribution in [0.2, 0.25) is 0 Å². The van der Waals surface area contributed by atoms with E-state index in [4.69, 9.17) is 0 Å². The van der Waals surface area contributed by atoms with Crippen LogP contribution in [-0.4, -0.2) is 30.9 Å². The van der Waals surface area contributed by atoms with E-state index < -0.39 is 0 Å². The molecule has 2 amide bonds. The van der Waals surface area contributed by atoms with Gasteiger partial charge in [-0.05, 0) is 51.1 Å². The van der Waals surface area contributed by atoms with Crippen molar-refractivity contribution in [2.24, 2.45) is 0 Å². The highest BCUT2D eigenvalue weighted by atomic mass is 16.2. The van der Waals surface area contributed by atoms with Crippen LogP contribution in [0.25, 0.3) is 0 Å². The summed E-state index contributed by atoms with van der Waals surface area (Å²) < 4.78 is 0. The number of rotatable bonds is 5. The standard InChI is InChI=1S/C20H25N3O2/c1-20(2,3)22-18(24)14-21-16-10-8-9-15(13-16)19(25)23(4)17-11-6-5-7-12-17/h5-13,21H,14H2,1-4H3,(H,22,24). The molecule has 0 aliphatic heterocycles. The molecule has 0 unspecified atom stereocenters. The molecular formula is C20H25N3O2. The van der Waals surface area contributed by atoms with E-state index in [1.54, 1.807) is 30.1 Å². The number of carbonyl (C=O) groups is 2. The minimum atomic E-state index is -0.269. The Kier molecular flexibility index (Phi) is 5.80. The van der Waals surface area contributed by atoms with Gasteiger partial charge >= 0.3 is 0 Å². The van der Waals surface area contributed by atoms with Crippen molar-refractivity contribution in [1.29, 1.82) is 0 Å². The lowest BCUT2D eigenvalue weighted by Crippen LogP contribution is -2.43. The molecule has 0 heterocycles. The predicted octanol–water partition coefficient (Wildman–Crippen LogP) is 3.29. The van der Waals surface area contributed by atoms with Crippen LogP contribution in [0.4, 0.5) is 11.4 Å². The number of anilines is 2. The fourth-order valence-corrected chi connectivity index (χ4v) is 2.37. The molecule has 0 fully saturated rings. The first kappa shape index (κ1) is 18.5. The topological polar surface area (TPSA) is 61.4 Å². The quantitative estimate of drug-likeness (QED) is 0.879. The number of nitrogens with one attached hydrogen (secondary N) is 2. The first-order valence-electron chi connectivity index (χ1n) is 8.24. The van der Waals surface area contributed by atoms with E-state index in [9.17, 15) is 9.59 Å². The Hall–Kier alpha value is -2.82. The fourth-order valence-electron chi connectivity index (χ4n) is 2.37. The van der Waals surface area contributed by atoms with Crippen molar-refractivity contribution in [3.63, 3.8) is 0 Å². The molecule has 2 N–H and O–H groups in total. The second-order valence-corrected chi connectivity index (χ2v) is 6.93. The van der Waals surface area contributed by atoms with Gasteiger partial charge in [0.2, 0.25) is 5.91 Å². The lowest BCUT2D eigenvalue weighted by Gasteiger charge is -2.21. The van der Waals surface area contributed by atoms with Crippen molar-refractivity contribution >= 4 is 23.2 Å². The number of hydrogen-bond acceptors (Lipinski definition) is 3. The maximum Gasteiger partial charge on any atom is 0.258 e. The second kappa shape index (κ2) is 7.83. The summed E-state index contributed by atoms with van der Waals surface area (Å²) in [5.74, 6) is -0.195. The Morgan fingerprint density at radius 1 is 1.00 bits per heavy atom. The second-order valence-electron chi connectivity index (χ2n) is 6.93. The fraction of sp³-hybridized carbons (Fsp3) is 0.300. The molecule has 0 spiro atoms. The van der Waals surface area contributed by atoms with Crippen molar-refractivity contribution in [2.75, 3.05) is 23.8 Å². The highest BCUT2D eigenvalue weighted by Crippen LogP contribution is 2.17. The zero-order valence-electron chi connectivity index (χ0n) is 15.2. The van der Waals surface area contributed by atoms with E-state index >= 15 is 0 Å². The van der Waals surface area contributed by atoms with E-state index in [2.05, 4.69) is 10.6 Å². The molecule has 2 aromatic carbocycles. The zero-order chi connectivity index (χ0) is 18.4. The average Bonchev–Trinajstić information content (AvgIpc) is 2.58. The number of hydrogen-bond donors (Lipinski definition) is 2. The highest BCUT2D eigenvalue weighted by molar-refractivity contribution is 6.06. The summed E-state index contributed by atoms with van der Waals surface area (Å²) >= 11 is 0. The van der Waals surface area contributed by atoms with Crippen LogP contribution in [0.3, 0.4) is 0 Å². The van der Waals surface area contributed by atoms with Gasteiger partial charge in [0.15, 0.2) is 0 Å². The van der Waals surface area contributed by atoms with E-state index in [0.29, 0.717) is 5.56 Å². The number of nitrogens with zero attached hydrogens (tertiary/aromatic N) is 1. The molecule has 132 valence electrons. The molecule has 5 heteroatoms. The van der Waals surface area contributed by atoms with Gasteiger partial charge < -0.3 is 15.5 Å². The molecule has 5 nitrogen and oxygen atoms in total. The van der Waals surface area contributed by atoms with Gasteiger partial charge in [-0.2, -0.15) is 0 Å². The number of amides is 2. The zero-order valence-corrected chi connectivity index (χ0v) is 15.2. The summed E-state index contributed by atoms with van der Waals surface area (Å²) in [5, 5.41) is 5.95. The van der Waals surface area contributed by atoms with Crippen molar-refractivity contribution in [1.82, 2.24) is 5.32 Å². The average molecular weight is 339 g/mol. The van der Waals surface area contributed by atoms with E-state index in [0.717, 1.165) is 11.4 Å². The first-order chi connectivity index (χ1) is 11.8. The first-order valence-corrected chi connectivity index (χ1v) is 8.24. The Bertz CT molecular complexity index is 736. The van der Waals surface area contributed by atoms with Crippen molar-refractivity contribution in [3.8, 4) is 0 Å². The van der Waals surface area contributed by atoms with Crippen LogP contribution in [-0.2, 0) is 4.79 Å². The van der Waals surface area contributed by atoms with Gasteiger partial charge in [0.05, 0.1) is 6.54 Å². The lowest BCUT2D eigenvalue weighted by atomic mass is 10.1. The molecule has 0 aliphatic carbocycles. The van der Waals surface area contributed by atoms with Crippen LogP contribution in [0.1, 0.15) is 31.1 Å². The van der Waals surface area contributed by atoms with Crippen LogP contribution in [0.5, 0.6) is 0 Å². The van der Waals surface area contributed by atoms with E-state index in [1.165, 1.54) is 0 Å². The molecule has 0 saturated heterocycles. The summed E-state index contributed by atoms with van der Waals surface area (Å²) in [5.41, 5.74) is 1.86. The minimum absolute atomic E-state index is 0.0920. The molecule has 0 bridgehead atoms. The van der Waals surface area contributed by atoms with E-state index in [1.807, 2.05) is 57.2 Å². The number of benzene rings is 2. The number of para-hydroxylation sites is 1. The molecule has 0 saturated carbocycles. The molecule has 0 aromatic heterocycles. The van der Waals surface area contributed by atoms with Gasteiger partial charge in [-0.1, -0.05) is 24.3 Å². The Balaban J connectivity index is 2.03. The summed E-state index contributed by atoms with van der Waals surface area (Å²) in [4.78, 5) is 26.1. The highest BCUT2D eigenvalue weighted by Gasteiger charge is 2.15. The Morgan fingerprint density at radius 3 is 2.32 bits per heavy atom. The largest absolute Gasteiger partial charge is 0.376 e. The third kappa shape index (κ3) is 5.64. The Labute approximate surface area is 149 Å². The number of carbonyl (C=O) groups excluding carboxylic acids is 2. The van der Waals surface area contributed by atoms with Gasteiger partial charge in [0.25, 0.3) is 5.91 Å². The molecular weight excluding hydrogens is 314 g/mol. The third-order valence-electron chi connectivity index (χ3n) is 3.53. The Morgan fingerprint density at radius 2 is 1.68 bits per heavy atom. The summed E-state index contributed by atoms with van der Waals surface area (Å²) in [7, 11) is 1.74. The molecule has 0 aliphatic rings. The maximum absolute atomic E-state index is 12.6. The van der Waals surface area contributed by atoms with Crippen molar-refractivity contribution in [2.45, 2.75) is 26.3 Å². The maximum atomic E-state index is 12.6. The third-order valence-corrected chi connectivity index (χ3v) is 3.53. The van der Waals surface area contributed by atoms with Crippen LogP contribution in [0.15, 0.2) is 54.6 Å². The van der Waals surface area contributed by atoms with Crippen molar-refractivity contribution < 1.29 is 9.59 Å². The molecule has 2 rings (SSSR count). The molecule has 2 aromatic rings. The van der Waals surface area contributed by atoms with Gasteiger partial charge in [-0.25, -0.2) is 0 Å². The molecule has 25 heavy (non-hydrogen) atoms. The lowest BCUT2D eigenvalue weighted by molar-refractivity contribution is -0.120. The summed E-state index contributed by atoms with van der Waals surface area (Å²) in [6, 6.07) is 16.6. The minimum Gasteiger partial charge on any atom is -0.376 e. The van der Waals surface area contributed by atoms with Gasteiger partial charge in [0, 0.05) is 29.5 Å².